The third kappa shape index (κ3) is 9.60. The van der Waals surface area contributed by atoms with Gasteiger partial charge in [0.25, 0.3) is 0 Å². The number of carboxylic acids is 1. The second-order valence-electron chi connectivity index (χ2n) is 4.04. The summed E-state index contributed by atoms with van der Waals surface area (Å²) in [6.45, 7) is 5.93. The van der Waals surface area contributed by atoms with Crippen molar-refractivity contribution in [3.63, 3.8) is 0 Å². The van der Waals surface area contributed by atoms with E-state index in [9.17, 15) is 9.59 Å². The maximum atomic E-state index is 11.2. The molecule has 17 heavy (non-hydrogen) atoms. The maximum absolute atomic E-state index is 11.2. The van der Waals surface area contributed by atoms with Gasteiger partial charge < -0.3 is 9.84 Å². The number of esters is 1. The Kier molecular flexibility index (Phi) is 9.11. The first kappa shape index (κ1) is 15.7. The first-order valence-corrected chi connectivity index (χ1v) is 6.14. The van der Waals surface area contributed by atoms with Crippen LogP contribution >= 0.6 is 0 Å². The molecule has 1 N–H and O–H groups in total. The third-order valence-corrected chi connectivity index (χ3v) is 2.44. The first-order chi connectivity index (χ1) is 8.07. The van der Waals surface area contributed by atoms with Gasteiger partial charge in [-0.15, -0.1) is 0 Å². The standard InChI is InChI=1S/C13H22O4/c1-3-4-5-6-7-10-17-12(14)9-8-11(2)13(15)16/h2-10H2,1H3,(H,15,16). The highest BCUT2D eigenvalue weighted by molar-refractivity contribution is 5.86. The van der Waals surface area contributed by atoms with Crippen molar-refractivity contribution in [1.29, 1.82) is 0 Å². The van der Waals surface area contributed by atoms with Crippen LogP contribution in [0.5, 0.6) is 0 Å². The summed E-state index contributed by atoms with van der Waals surface area (Å²) in [4.78, 5) is 21.6. The average Bonchev–Trinajstić information content (AvgIpc) is 2.30. The molecule has 0 heterocycles. The smallest absolute Gasteiger partial charge is 0.330 e. The van der Waals surface area contributed by atoms with E-state index in [0.717, 1.165) is 12.8 Å². The monoisotopic (exact) mass is 242 g/mol. The predicted octanol–water partition coefficient (Wildman–Crippen LogP) is 2.92. The highest BCUT2D eigenvalue weighted by Crippen LogP contribution is 2.05. The molecule has 0 amide bonds. The van der Waals surface area contributed by atoms with Gasteiger partial charge in [-0.2, -0.15) is 0 Å². The molecule has 0 fully saturated rings. The molecule has 0 aromatic rings. The Morgan fingerprint density at radius 2 is 1.76 bits per heavy atom. The first-order valence-electron chi connectivity index (χ1n) is 6.14. The lowest BCUT2D eigenvalue weighted by Crippen LogP contribution is -2.08. The molecule has 0 saturated carbocycles. The van der Waals surface area contributed by atoms with Gasteiger partial charge >= 0.3 is 11.9 Å². The fourth-order valence-corrected chi connectivity index (χ4v) is 1.32. The molecular weight excluding hydrogens is 220 g/mol. The van der Waals surface area contributed by atoms with Crippen LogP contribution < -0.4 is 0 Å². The number of aliphatic carboxylic acids is 1. The van der Waals surface area contributed by atoms with Crippen LogP contribution in [-0.2, 0) is 14.3 Å². The van der Waals surface area contributed by atoms with Crippen molar-refractivity contribution in [2.45, 2.75) is 51.9 Å². The van der Waals surface area contributed by atoms with E-state index in [4.69, 9.17) is 9.84 Å². The van der Waals surface area contributed by atoms with Gasteiger partial charge in [-0.25, -0.2) is 4.79 Å². The number of hydrogen-bond acceptors (Lipinski definition) is 3. The third-order valence-electron chi connectivity index (χ3n) is 2.44. The lowest BCUT2D eigenvalue weighted by molar-refractivity contribution is -0.143. The van der Waals surface area contributed by atoms with Gasteiger partial charge in [-0.3, -0.25) is 4.79 Å². The molecule has 4 heteroatoms. The topological polar surface area (TPSA) is 63.6 Å². The Morgan fingerprint density at radius 1 is 1.12 bits per heavy atom. The molecule has 0 radical (unpaired) electrons. The minimum absolute atomic E-state index is 0.0462. The van der Waals surface area contributed by atoms with Crippen LogP contribution in [0, 0.1) is 0 Å². The normalized spacial score (nSPS) is 9.94. The minimum Gasteiger partial charge on any atom is -0.478 e. The molecule has 0 aliphatic rings. The Bertz CT molecular complexity index is 258. The zero-order valence-electron chi connectivity index (χ0n) is 10.5. The summed E-state index contributed by atoms with van der Waals surface area (Å²) >= 11 is 0. The summed E-state index contributed by atoms with van der Waals surface area (Å²) in [6.07, 6.45) is 5.78. The zero-order valence-corrected chi connectivity index (χ0v) is 10.5. The number of carbonyl (C=O) groups is 2. The van der Waals surface area contributed by atoms with Crippen LogP contribution in [0.15, 0.2) is 12.2 Å². The van der Waals surface area contributed by atoms with Gasteiger partial charge in [0, 0.05) is 12.0 Å². The summed E-state index contributed by atoms with van der Waals surface area (Å²) < 4.78 is 4.98. The van der Waals surface area contributed by atoms with Gasteiger partial charge in [0.05, 0.1) is 6.61 Å². The van der Waals surface area contributed by atoms with Crippen molar-refractivity contribution in [1.82, 2.24) is 0 Å². The molecule has 98 valence electrons. The second-order valence-corrected chi connectivity index (χ2v) is 4.04. The van der Waals surface area contributed by atoms with Crippen molar-refractivity contribution in [2.24, 2.45) is 0 Å². The van der Waals surface area contributed by atoms with E-state index in [0.29, 0.717) is 6.61 Å². The van der Waals surface area contributed by atoms with Crippen molar-refractivity contribution in [3.8, 4) is 0 Å². The molecule has 0 aromatic carbocycles. The quantitative estimate of drug-likeness (QED) is 0.363. The largest absolute Gasteiger partial charge is 0.478 e. The Balaban J connectivity index is 3.41. The van der Waals surface area contributed by atoms with E-state index >= 15 is 0 Å². The molecule has 0 atom stereocenters. The molecule has 0 aliphatic heterocycles. The van der Waals surface area contributed by atoms with Crippen LogP contribution in [0.4, 0.5) is 0 Å². The Morgan fingerprint density at radius 3 is 2.35 bits per heavy atom. The van der Waals surface area contributed by atoms with E-state index in [-0.39, 0.29) is 24.4 Å². The number of rotatable bonds is 10. The molecule has 0 rings (SSSR count). The molecule has 0 unspecified atom stereocenters. The number of carboxylic acid groups (broad SMARTS) is 1. The van der Waals surface area contributed by atoms with Gasteiger partial charge in [0.1, 0.15) is 0 Å². The maximum Gasteiger partial charge on any atom is 0.330 e. The van der Waals surface area contributed by atoms with Gasteiger partial charge in [0.2, 0.25) is 0 Å². The fourth-order valence-electron chi connectivity index (χ4n) is 1.32. The van der Waals surface area contributed by atoms with Crippen LogP contribution in [0.25, 0.3) is 0 Å². The van der Waals surface area contributed by atoms with Crippen LogP contribution in [0.1, 0.15) is 51.9 Å². The summed E-state index contributed by atoms with van der Waals surface area (Å²) in [5.74, 6) is -1.40. The predicted molar refractivity (Wildman–Crippen MR) is 65.7 cm³/mol. The lowest BCUT2D eigenvalue weighted by Gasteiger charge is -2.04. The Labute approximate surface area is 103 Å². The van der Waals surface area contributed by atoms with Crippen LogP contribution in [-0.4, -0.2) is 23.7 Å². The number of carbonyl (C=O) groups excluding carboxylic acids is 1. The van der Waals surface area contributed by atoms with Gasteiger partial charge in [-0.05, 0) is 12.8 Å². The van der Waals surface area contributed by atoms with Gasteiger partial charge in [-0.1, -0.05) is 39.2 Å². The summed E-state index contributed by atoms with van der Waals surface area (Å²) in [6, 6.07) is 0. The van der Waals surface area contributed by atoms with E-state index in [1.54, 1.807) is 0 Å². The molecule has 0 aliphatic carbocycles. The highest BCUT2D eigenvalue weighted by atomic mass is 16.5. The minimum atomic E-state index is -1.06. The van der Waals surface area contributed by atoms with E-state index in [1.165, 1.54) is 19.3 Å². The lowest BCUT2D eigenvalue weighted by atomic mass is 10.1. The number of unbranched alkanes of at least 4 members (excludes halogenated alkanes) is 4. The SMILES string of the molecule is C=C(CCC(=O)OCCCCCCC)C(=O)O. The summed E-state index contributed by atoms with van der Waals surface area (Å²) in [7, 11) is 0. The Hall–Kier alpha value is -1.32. The second kappa shape index (κ2) is 9.87. The van der Waals surface area contributed by atoms with Crippen molar-refractivity contribution < 1.29 is 19.4 Å². The van der Waals surface area contributed by atoms with Gasteiger partial charge in [0.15, 0.2) is 0 Å². The van der Waals surface area contributed by atoms with Crippen molar-refractivity contribution in [2.75, 3.05) is 6.61 Å². The number of hydrogen-bond donors (Lipinski definition) is 1. The zero-order chi connectivity index (χ0) is 13.1. The van der Waals surface area contributed by atoms with Crippen LogP contribution in [0.2, 0.25) is 0 Å². The fraction of sp³-hybridized carbons (Fsp3) is 0.692. The highest BCUT2D eigenvalue weighted by Gasteiger charge is 2.08. The molecule has 0 bridgehead atoms. The molecule has 0 aromatic heterocycles. The molecule has 0 spiro atoms. The van der Waals surface area contributed by atoms with Crippen LogP contribution in [0.3, 0.4) is 0 Å². The van der Waals surface area contributed by atoms with Crippen molar-refractivity contribution in [3.05, 3.63) is 12.2 Å². The molecular formula is C13H22O4. The van der Waals surface area contributed by atoms with E-state index in [1.807, 2.05) is 0 Å². The molecule has 4 nitrogen and oxygen atoms in total. The average molecular weight is 242 g/mol. The molecule has 0 saturated heterocycles. The van der Waals surface area contributed by atoms with E-state index < -0.39 is 5.97 Å². The summed E-state index contributed by atoms with van der Waals surface area (Å²) in [5, 5.41) is 8.54. The van der Waals surface area contributed by atoms with Crippen molar-refractivity contribution >= 4 is 11.9 Å². The number of ether oxygens (including phenoxy) is 1. The van der Waals surface area contributed by atoms with E-state index in [2.05, 4.69) is 13.5 Å². The summed E-state index contributed by atoms with van der Waals surface area (Å²) in [5.41, 5.74) is 0.0462.